The molecular weight excluding hydrogens is 1810 g/mol. The van der Waals surface area contributed by atoms with Gasteiger partial charge in [-0.2, -0.15) is 0 Å². The van der Waals surface area contributed by atoms with Gasteiger partial charge < -0.3 is 123 Å². The molecule has 2 aromatic heterocycles. The number of carboxylic acid groups (broad SMARTS) is 1. The van der Waals surface area contributed by atoms with Crippen molar-refractivity contribution < 1.29 is 145 Å². The van der Waals surface area contributed by atoms with E-state index in [0.29, 0.717) is 76.1 Å². The maximum Gasteiger partial charge on any atom is 0.308 e. The molecule has 1 fully saturated rings. The molecule has 38 nitrogen and oxygen atoms in total. The van der Waals surface area contributed by atoms with Crippen LogP contribution in [0.1, 0.15) is 238 Å². The summed E-state index contributed by atoms with van der Waals surface area (Å²) in [5.41, 5.74) is 1.03. The first-order valence-electron chi connectivity index (χ1n) is 46.6. The van der Waals surface area contributed by atoms with Crippen LogP contribution in [-0.4, -0.2) is 322 Å². The monoisotopic (exact) mass is 1960 g/mol. The highest BCUT2D eigenvalue weighted by molar-refractivity contribution is 8.76. The number of aliphatic hydroxyl groups is 5. The van der Waals surface area contributed by atoms with Crippen molar-refractivity contribution in [3.05, 3.63) is 70.3 Å². The van der Waals surface area contributed by atoms with Gasteiger partial charge in [-0.1, -0.05) is 111 Å². The van der Waals surface area contributed by atoms with Gasteiger partial charge in [0, 0.05) is 129 Å². The van der Waals surface area contributed by atoms with Crippen molar-refractivity contribution in [3.8, 4) is 5.75 Å². The van der Waals surface area contributed by atoms with Crippen LogP contribution in [0.4, 0.5) is 0 Å². The molecule has 0 saturated carbocycles. The number of amides is 5. The highest BCUT2D eigenvalue weighted by Gasteiger charge is 2.39. The zero-order valence-corrected chi connectivity index (χ0v) is 84.1. The Kier molecular flexibility index (Phi) is 71.2. The third kappa shape index (κ3) is 55.9. The number of aromatic nitrogens is 2. The van der Waals surface area contributed by atoms with Gasteiger partial charge in [-0.05, 0) is 156 Å². The largest absolute Gasteiger partial charge is 0.508 e. The summed E-state index contributed by atoms with van der Waals surface area (Å²) in [5.74, 6) is -3.64. The molecule has 1 aliphatic rings. The first-order valence-corrected chi connectivity index (χ1v) is 49.8. The first-order chi connectivity index (χ1) is 64.2. The molecule has 15 atom stereocenters. The zero-order chi connectivity index (χ0) is 100. The Morgan fingerprint density at radius 3 is 1.62 bits per heavy atom. The Morgan fingerprint density at radius 1 is 0.597 bits per heavy atom. The number of likely N-dealkylation sites (tertiary alicyclic amines) is 1. The fraction of sp³-hybridized carbons (Fsp3) is 0.742. The van der Waals surface area contributed by atoms with E-state index in [0.717, 1.165) is 55.0 Å². The molecule has 0 radical (unpaired) electrons. The second-order valence-electron chi connectivity index (χ2n) is 32.4. The number of piperidine rings is 1. The fourth-order valence-corrected chi connectivity index (χ4v) is 15.6. The van der Waals surface area contributed by atoms with Crippen molar-refractivity contribution in [2.45, 2.75) is 302 Å². The standard InChI is InChI=1S/C55H90N6O13S.C19H30N2O6S2.C12H22O7.C7H16O4/c1-11-26-61(54(68)50(37(6)13-3)59-52(67)44-18-14-15-27-60(44)9)45(36(4)5)32-46(71-28-12-2)53-58-43(35-75-53)51(66)57-41(31-40-21-23-42(63)24-22-40)30-38(7)55(69)72-29-17-25-56-47(64)19-16-20-48(65)73-34-49(70-10)74-39(8)33-62;1-3-15(13-22)27-19(25-2)14-26-18(24)9-6-7-16(23)20-11-12-28-29-17-8-4-5-10-21-17;1-3-9(7-13)19-12(17-2)8-18-11(16)6-4-5-10(14)15;1-3-6(4-8)11-7(5-9)10-2/h21-24,35-39,41,44-46,49-50,62-63H,11-20,25-34H2,1-10H3,(H,56,64)(H,57,66)(H,59,67);4-5,8,10,15,19,22H,3,6-7,9,11-14H2,1-2H3,(H,20,23);9,12-13H,3-8H2,1-2H3,(H,14,15);6-9H,3-5H2,1-2H3/t37-,38-,39?,41+,44+,45+,46+,49?,50-;;;/m0.../s1. The molecule has 4 rings (SSSR count). The van der Waals surface area contributed by atoms with E-state index in [9.17, 15) is 53.1 Å². The number of hydrogen-bond donors (Lipinski definition) is 11. The van der Waals surface area contributed by atoms with Crippen LogP contribution in [0.15, 0.2) is 59.1 Å². The number of ether oxygens (including phenoxy) is 13. The number of esters is 4. The van der Waals surface area contributed by atoms with Gasteiger partial charge in [-0.3, -0.25) is 52.8 Å². The maximum atomic E-state index is 14.8. The molecule has 134 heavy (non-hydrogen) atoms. The highest BCUT2D eigenvalue weighted by atomic mass is 33.1. The van der Waals surface area contributed by atoms with Crippen LogP contribution < -0.4 is 21.3 Å². The Balaban J connectivity index is 0.00000122. The van der Waals surface area contributed by atoms with Crippen molar-refractivity contribution in [1.82, 2.24) is 41.0 Å². The number of nitrogens with zero attached hydrogens (tertiary/aromatic N) is 4. The lowest BCUT2D eigenvalue weighted by molar-refractivity contribution is -0.194. The lowest BCUT2D eigenvalue weighted by Gasteiger charge is -2.40. The second kappa shape index (κ2) is 76.6. The van der Waals surface area contributed by atoms with Crippen LogP contribution in [-0.2, 0) is 111 Å². The van der Waals surface area contributed by atoms with Crippen LogP contribution >= 0.6 is 32.9 Å². The Bertz CT molecular complexity index is 3620. The van der Waals surface area contributed by atoms with E-state index in [-0.39, 0.29) is 201 Å². The average molecular weight is 1960 g/mol. The lowest BCUT2D eigenvalue weighted by atomic mass is 9.92. The number of carbonyl (C=O) groups is 10. The van der Waals surface area contributed by atoms with Gasteiger partial charge in [0.1, 0.15) is 53.4 Å². The average Bonchev–Trinajstić information content (AvgIpc) is 1.35. The predicted molar refractivity (Wildman–Crippen MR) is 506 cm³/mol. The van der Waals surface area contributed by atoms with E-state index in [4.69, 9.17) is 97.2 Å². The normalized spacial score (nSPS) is 15.7. The predicted octanol–water partition coefficient (Wildman–Crippen LogP) is 9.18. The van der Waals surface area contributed by atoms with E-state index in [1.165, 1.54) is 39.8 Å². The van der Waals surface area contributed by atoms with Gasteiger partial charge in [0.05, 0.1) is 76.0 Å². The molecule has 41 heteroatoms. The van der Waals surface area contributed by atoms with Crippen molar-refractivity contribution >= 4 is 92.3 Å². The van der Waals surface area contributed by atoms with Crippen molar-refractivity contribution in [2.75, 3.05) is 133 Å². The second-order valence-corrected chi connectivity index (χ2v) is 35.7. The van der Waals surface area contributed by atoms with Crippen LogP contribution in [0.2, 0.25) is 0 Å². The number of aliphatic hydroxyl groups excluding tert-OH is 5. The number of carboxylic acids is 1. The molecule has 1 aromatic carbocycles. The molecule has 3 aromatic rings. The topological polar surface area (TPSA) is 513 Å². The number of phenols is 1. The third-order valence-corrected chi connectivity index (χ3v) is 24.3. The van der Waals surface area contributed by atoms with Crippen LogP contribution in [0.25, 0.3) is 0 Å². The van der Waals surface area contributed by atoms with Crippen molar-refractivity contribution in [1.29, 1.82) is 0 Å². The molecule has 768 valence electrons. The van der Waals surface area contributed by atoms with Crippen molar-refractivity contribution in [2.24, 2.45) is 17.8 Å². The number of methoxy groups -OCH3 is 4. The zero-order valence-electron chi connectivity index (χ0n) is 81.6. The Hall–Kier alpha value is -7.40. The Labute approximate surface area is 803 Å². The minimum absolute atomic E-state index is 0.0199. The number of carbonyl (C=O) groups excluding carboxylic acids is 9. The van der Waals surface area contributed by atoms with Crippen LogP contribution in [0.5, 0.6) is 5.75 Å². The van der Waals surface area contributed by atoms with Crippen LogP contribution in [0, 0.1) is 17.8 Å². The number of thiazole rings is 1. The molecule has 0 bridgehead atoms. The summed E-state index contributed by atoms with van der Waals surface area (Å²) in [5, 5.41) is 78.1. The highest BCUT2D eigenvalue weighted by Crippen LogP contribution is 2.33. The third-order valence-electron chi connectivity index (χ3n) is 21.1. The maximum absolute atomic E-state index is 14.8. The molecule has 1 saturated heterocycles. The van der Waals surface area contributed by atoms with E-state index < -0.39 is 91.1 Å². The summed E-state index contributed by atoms with van der Waals surface area (Å²) in [7, 11) is 10.9. The summed E-state index contributed by atoms with van der Waals surface area (Å²) in [6, 6.07) is 10.6. The van der Waals surface area contributed by atoms with E-state index >= 15 is 0 Å². The number of phenolic OH excluding ortho intramolecular Hbond substituents is 1. The van der Waals surface area contributed by atoms with Gasteiger partial charge in [-0.15, -0.1) is 11.3 Å². The van der Waals surface area contributed by atoms with Gasteiger partial charge >= 0.3 is 29.8 Å². The molecule has 3 heterocycles. The summed E-state index contributed by atoms with van der Waals surface area (Å²) in [6.45, 7) is 23.0. The quantitative estimate of drug-likeness (QED) is 0.00824. The van der Waals surface area contributed by atoms with Crippen LogP contribution in [0.3, 0.4) is 0 Å². The number of pyridine rings is 1. The van der Waals surface area contributed by atoms with E-state index in [1.807, 2.05) is 78.6 Å². The number of hydrogen-bond acceptors (Lipinski definition) is 35. The molecule has 1 aliphatic heterocycles. The number of nitrogens with one attached hydrogen (secondary N) is 4. The molecule has 11 N–H and O–H groups in total. The molecule has 5 amide bonds. The Morgan fingerprint density at radius 2 is 1.14 bits per heavy atom. The minimum Gasteiger partial charge on any atom is -0.508 e. The number of aromatic hydroxyl groups is 1. The fourth-order valence-electron chi connectivity index (χ4n) is 12.9. The number of aliphatic carboxylic acids is 1. The molecule has 8 unspecified atom stereocenters. The lowest BCUT2D eigenvalue weighted by Crippen LogP contribution is -2.58. The first kappa shape index (κ1) is 125. The van der Waals surface area contributed by atoms with Crippen molar-refractivity contribution in [3.63, 3.8) is 0 Å². The molecule has 0 spiro atoms. The summed E-state index contributed by atoms with van der Waals surface area (Å²) in [6.07, 6.45) is 6.57. The van der Waals surface area contributed by atoms with Gasteiger partial charge in [0.25, 0.3) is 5.91 Å². The summed E-state index contributed by atoms with van der Waals surface area (Å²) < 4.78 is 68.5. The molecular formula is C93H158N8O30S3. The van der Waals surface area contributed by atoms with E-state index in [2.05, 4.69) is 45.0 Å². The van der Waals surface area contributed by atoms with E-state index in [1.54, 1.807) is 71.3 Å². The van der Waals surface area contributed by atoms with Gasteiger partial charge in [-0.25, -0.2) is 9.97 Å². The molecule has 0 aliphatic carbocycles. The smallest absolute Gasteiger partial charge is 0.308 e. The van der Waals surface area contributed by atoms with Gasteiger partial charge in [0.2, 0.25) is 23.6 Å². The SMILES string of the molecule is CCC(CO)OC(CO)OC.CCC(CO)OC(COC(=O)CCCC(=O)NCCSSc1ccccn1)OC.CCC(CO)OC(COC(=O)CCCC(=O)O)OC.CCCO[C@H](C[C@H](C(C)C)N(CCC)C(=O)[C@@H](NC(=O)[C@H]1CCCCN1C)[C@@H](C)CC)c1nc(C(=O)N[C@@H](Cc2ccc(O)cc2)C[C@H](C)C(=O)OCCCNC(=O)CCCC(=O)OCC(OC)OC(C)CO)cs1. The number of likely N-dealkylation sites (N-methyl/N-ethyl adjacent to an activating group) is 1. The summed E-state index contributed by atoms with van der Waals surface area (Å²) >= 11 is 1.32. The number of rotatable bonds is 69. The van der Waals surface area contributed by atoms with Gasteiger partial charge in [0.15, 0.2) is 25.2 Å². The number of benzene rings is 1. The minimum atomic E-state index is -0.945. The summed E-state index contributed by atoms with van der Waals surface area (Å²) in [4.78, 5) is 139.